The number of hydrogen-bond donors (Lipinski definition) is 1. The van der Waals surface area contributed by atoms with Crippen LogP contribution in [0.4, 0.5) is 4.39 Å². The Morgan fingerprint density at radius 2 is 2.00 bits per heavy atom. The molecule has 0 saturated carbocycles. The van der Waals surface area contributed by atoms with E-state index in [1.807, 2.05) is 12.1 Å². The highest BCUT2D eigenvalue weighted by atomic mass is 19.1. The molecule has 1 aliphatic heterocycles. The molecule has 1 unspecified atom stereocenters. The van der Waals surface area contributed by atoms with E-state index in [1.54, 1.807) is 13.0 Å². The number of nitrogens with one attached hydrogen (secondary N) is 1. The third-order valence-corrected chi connectivity index (χ3v) is 4.02. The molecular formula is C16H25FN2. The molecule has 19 heavy (non-hydrogen) atoms. The average molecular weight is 264 g/mol. The molecule has 1 fully saturated rings. The van der Waals surface area contributed by atoms with E-state index in [2.05, 4.69) is 17.1 Å². The molecule has 1 aromatic carbocycles. The summed E-state index contributed by atoms with van der Waals surface area (Å²) in [5.41, 5.74) is 1.74. The Balaban J connectivity index is 1.74. The van der Waals surface area contributed by atoms with Crippen molar-refractivity contribution < 1.29 is 4.39 Å². The number of piperidine rings is 1. The van der Waals surface area contributed by atoms with Gasteiger partial charge in [-0.25, -0.2) is 4.39 Å². The lowest BCUT2D eigenvalue weighted by Gasteiger charge is -2.32. The van der Waals surface area contributed by atoms with Crippen molar-refractivity contribution in [2.75, 3.05) is 19.6 Å². The summed E-state index contributed by atoms with van der Waals surface area (Å²) in [6, 6.07) is 6.04. The molecule has 1 heterocycles. The molecule has 0 aromatic heterocycles. The van der Waals surface area contributed by atoms with Crippen molar-refractivity contribution in [2.45, 2.75) is 45.7 Å². The summed E-state index contributed by atoms with van der Waals surface area (Å²) >= 11 is 0. The van der Waals surface area contributed by atoms with Gasteiger partial charge in [0.2, 0.25) is 0 Å². The zero-order chi connectivity index (χ0) is 13.7. The number of aryl methyl sites for hydroxylation is 1. The summed E-state index contributed by atoms with van der Waals surface area (Å²) < 4.78 is 13.4. The Kier molecular flexibility index (Phi) is 5.34. The van der Waals surface area contributed by atoms with Gasteiger partial charge in [0.1, 0.15) is 5.82 Å². The predicted octanol–water partition coefficient (Wildman–Crippen LogP) is 3.10. The summed E-state index contributed by atoms with van der Waals surface area (Å²) in [7, 11) is 0. The molecule has 1 atom stereocenters. The molecule has 2 nitrogen and oxygen atoms in total. The Bertz CT molecular complexity index is 400. The first-order chi connectivity index (χ1) is 9.16. The molecule has 0 aliphatic carbocycles. The molecule has 0 spiro atoms. The van der Waals surface area contributed by atoms with Gasteiger partial charge in [0, 0.05) is 19.1 Å². The van der Waals surface area contributed by atoms with Crippen molar-refractivity contribution in [1.82, 2.24) is 10.2 Å². The van der Waals surface area contributed by atoms with Gasteiger partial charge in [-0.2, -0.15) is 0 Å². The zero-order valence-electron chi connectivity index (χ0n) is 12.1. The number of nitrogens with zero attached hydrogens (tertiary/aromatic N) is 1. The van der Waals surface area contributed by atoms with Crippen molar-refractivity contribution in [3.8, 4) is 0 Å². The second-order valence-corrected chi connectivity index (χ2v) is 5.66. The van der Waals surface area contributed by atoms with E-state index in [9.17, 15) is 4.39 Å². The Labute approximate surface area is 116 Å². The van der Waals surface area contributed by atoms with Gasteiger partial charge >= 0.3 is 0 Å². The van der Waals surface area contributed by atoms with Gasteiger partial charge in [0.15, 0.2) is 0 Å². The highest BCUT2D eigenvalue weighted by molar-refractivity contribution is 5.23. The molecule has 1 aliphatic rings. The van der Waals surface area contributed by atoms with E-state index < -0.39 is 0 Å². The maximum atomic E-state index is 13.4. The van der Waals surface area contributed by atoms with Crippen LogP contribution in [-0.4, -0.2) is 30.6 Å². The third-order valence-electron chi connectivity index (χ3n) is 4.02. The van der Waals surface area contributed by atoms with Crippen molar-refractivity contribution in [3.05, 3.63) is 35.1 Å². The van der Waals surface area contributed by atoms with Gasteiger partial charge in [-0.05, 0) is 57.0 Å². The maximum absolute atomic E-state index is 13.4. The summed E-state index contributed by atoms with van der Waals surface area (Å²) in [5.74, 6) is -0.108. The van der Waals surface area contributed by atoms with Crippen molar-refractivity contribution in [2.24, 2.45) is 0 Å². The largest absolute Gasteiger partial charge is 0.311 e. The number of benzene rings is 1. The lowest BCUT2D eigenvalue weighted by molar-refractivity contribution is 0.170. The molecule has 0 amide bonds. The van der Waals surface area contributed by atoms with Crippen molar-refractivity contribution >= 4 is 0 Å². The molecule has 1 N–H and O–H groups in total. The fourth-order valence-corrected chi connectivity index (χ4v) is 2.66. The quantitative estimate of drug-likeness (QED) is 0.879. The van der Waals surface area contributed by atoms with E-state index in [0.717, 1.165) is 18.7 Å². The van der Waals surface area contributed by atoms with Crippen LogP contribution in [0.3, 0.4) is 0 Å². The van der Waals surface area contributed by atoms with Crippen LogP contribution in [0.5, 0.6) is 0 Å². The topological polar surface area (TPSA) is 15.3 Å². The van der Waals surface area contributed by atoms with Gasteiger partial charge in [-0.15, -0.1) is 0 Å². The monoisotopic (exact) mass is 264 g/mol. The van der Waals surface area contributed by atoms with Crippen LogP contribution in [0.15, 0.2) is 18.2 Å². The number of likely N-dealkylation sites (tertiary alicyclic amines) is 1. The predicted molar refractivity (Wildman–Crippen MR) is 77.7 cm³/mol. The lowest BCUT2D eigenvalue weighted by Crippen LogP contribution is -2.42. The molecule has 2 rings (SSSR count). The summed E-state index contributed by atoms with van der Waals surface area (Å²) in [6.07, 6.45) is 4.03. The van der Waals surface area contributed by atoms with Crippen molar-refractivity contribution in [3.63, 3.8) is 0 Å². The van der Waals surface area contributed by atoms with Crippen LogP contribution in [0.1, 0.15) is 37.3 Å². The minimum atomic E-state index is -0.108. The van der Waals surface area contributed by atoms with Gasteiger partial charge in [-0.1, -0.05) is 18.6 Å². The first-order valence-electron chi connectivity index (χ1n) is 7.36. The highest BCUT2D eigenvalue weighted by Gasteiger charge is 2.15. The molecular weight excluding hydrogens is 239 g/mol. The highest BCUT2D eigenvalue weighted by Crippen LogP contribution is 2.12. The van der Waals surface area contributed by atoms with Crippen LogP contribution in [0.2, 0.25) is 0 Å². The standard InChI is InChI=1S/C16H25FN2/c1-13-6-7-15(10-16(13)17)12-18-11-14(2)19-8-4-3-5-9-19/h6-7,10,14,18H,3-5,8-9,11-12H2,1-2H3. The molecule has 0 radical (unpaired) electrons. The Hall–Kier alpha value is -0.930. The summed E-state index contributed by atoms with van der Waals surface area (Å²) in [5, 5.41) is 3.44. The minimum Gasteiger partial charge on any atom is -0.311 e. The number of hydrogen-bond acceptors (Lipinski definition) is 2. The Morgan fingerprint density at radius 3 is 2.68 bits per heavy atom. The summed E-state index contributed by atoms with van der Waals surface area (Å²) in [6.45, 7) is 8.23. The second-order valence-electron chi connectivity index (χ2n) is 5.66. The van der Waals surface area contributed by atoms with Crippen LogP contribution in [0, 0.1) is 12.7 Å². The van der Waals surface area contributed by atoms with Crippen LogP contribution >= 0.6 is 0 Å². The average Bonchev–Trinajstić information content (AvgIpc) is 2.43. The zero-order valence-corrected chi connectivity index (χ0v) is 12.1. The molecule has 1 aromatic rings. The molecule has 1 saturated heterocycles. The Morgan fingerprint density at radius 1 is 1.26 bits per heavy atom. The van der Waals surface area contributed by atoms with Crippen molar-refractivity contribution in [1.29, 1.82) is 0 Å². The summed E-state index contributed by atoms with van der Waals surface area (Å²) in [4.78, 5) is 2.55. The van der Waals surface area contributed by atoms with E-state index in [1.165, 1.54) is 32.4 Å². The number of rotatable bonds is 5. The first kappa shape index (κ1) is 14.5. The van der Waals surface area contributed by atoms with Crippen LogP contribution in [0.25, 0.3) is 0 Å². The molecule has 3 heteroatoms. The SMILES string of the molecule is Cc1ccc(CNCC(C)N2CCCCC2)cc1F. The number of halogens is 1. The molecule has 0 bridgehead atoms. The van der Waals surface area contributed by atoms with Gasteiger partial charge in [0.25, 0.3) is 0 Å². The van der Waals surface area contributed by atoms with Gasteiger partial charge in [-0.3, -0.25) is 4.90 Å². The van der Waals surface area contributed by atoms with Crippen LogP contribution in [-0.2, 0) is 6.54 Å². The van der Waals surface area contributed by atoms with E-state index >= 15 is 0 Å². The van der Waals surface area contributed by atoms with E-state index in [-0.39, 0.29) is 5.82 Å². The fourth-order valence-electron chi connectivity index (χ4n) is 2.66. The minimum absolute atomic E-state index is 0.108. The lowest BCUT2D eigenvalue weighted by atomic mass is 10.1. The van der Waals surface area contributed by atoms with E-state index in [0.29, 0.717) is 11.6 Å². The smallest absolute Gasteiger partial charge is 0.126 e. The van der Waals surface area contributed by atoms with Crippen LogP contribution < -0.4 is 5.32 Å². The van der Waals surface area contributed by atoms with E-state index in [4.69, 9.17) is 0 Å². The molecule has 106 valence electrons. The third kappa shape index (κ3) is 4.29. The first-order valence-corrected chi connectivity index (χ1v) is 7.36. The van der Waals surface area contributed by atoms with Gasteiger partial charge < -0.3 is 5.32 Å². The maximum Gasteiger partial charge on any atom is 0.126 e. The second kappa shape index (κ2) is 7.01. The normalized spacial score (nSPS) is 18.5. The fraction of sp³-hybridized carbons (Fsp3) is 0.625. The van der Waals surface area contributed by atoms with Gasteiger partial charge in [0.05, 0.1) is 0 Å².